The van der Waals surface area contributed by atoms with Gasteiger partial charge >= 0.3 is 0 Å². The maximum absolute atomic E-state index is 12.5. The number of amides is 2. The third kappa shape index (κ3) is 4.33. The van der Waals surface area contributed by atoms with Crippen LogP contribution in [0.5, 0.6) is 0 Å². The van der Waals surface area contributed by atoms with Gasteiger partial charge in [0.2, 0.25) is 0 Å². The van der Waals surface area contributed by atoms with Crippen molar-refractivity contribution in [2.75, 3.05) is 25.5 Å². The Labute approximate surface area is 214 Å². The molecule has 5 rings (SSSR count). The number of halogens is 1. The Hall–Kier alpha value is -3.77. The third-order valence-corrected chi connectivity index (χ3v) is 7.41. The molecule has 186 valence electrons. The highest BCUT2D eigenvalue weighted by Crippen LogP contribution is 2.55. The molecule has 9 nitrogen and oxygen atoms in total. The van der Waals surface area contributed by atoms with Crippen LogP contribution in [0.2, 0.25) is 5.02 Å². The van der Waals surface area contributed by atoms with E-state index in [1.807, 2.05) is 40.0 Å². The van der Waals surface area contributed by atoms with Crippen LogP contribution in [-0.2, 0) is 11.3 Å². The van der Waals surface area contributed by atoms with Gasteiger partial charge in [-0.15, -0.1) is 0 Å². The highest BCUT2D eigenvalue weighted by atomic mass is 35.5. The van der Waals surface area contributed by atoms with Gasteiger partial charge in [0.1, 0.15) is 17.1 Å². The SMILES string of the molecule is CC#CC(=O)N1CCC2(CC(n3nc(-c4cnn(Cc5cccc(Cl)c5)c4)c(C(N)=O)c3NC)C2)C1. The van der Waals surface area contributed by atoms with E-state index in [-0.39, 0.29) is 17.4 Å². The van der Waals surface area contributed by atoms with Crippen molar-refractivity contribution in [3.63, 3.8) is 0 Å². The molecule has 1 aliphatic carbocycles. The number of aromatic nitrogens is 4. The minimum Gasteiger partial charge on any atom is -0.373 e. The van der Waals surface area contributed by atoms with Crippen LogP contribution in [-0.4, -0.2) is 56.4 Å². The maximum Gasteiger partial charge on any atom is 0.298 e. The first-order chi connectivity index (χ1) is 17.3. The van der Waals surface area contributed by atoms with Crippen LogP contribution < -0.4 is 11.1 Å². The van der Waals surface area contributed by atoms with Gasteiger partial charge in [-0.2, -0.15) is 10.2 Å². The summed E-state index contributed by atoms with van der Waals surface area (Å²) in [6, 6.07) is 7.71. The number of primary amides is 1. The van der Waals surface area contributed by atoms with E-state index in [2.05, 4.69) is 22.3 Å². The highest BCUT2D eigenvalue weighted by molar-refractivity contribution is 6.30. The van der Waals surface area contributed by atoms with E-state index in [1.165, 1.54) is 0 Å². The molecule has 2 aromatic heterocycles. The van der Waals surface area contributed by atoms with Crippen molar-refractivity contribution in [3.05, 3.63) is 52.8 Å². The number of hydrogen-bond donors (Lipinski definition) is 2. The molecule has 1 aromatic carbocycles. The van der Waals surface area contributed by atoms with E-state index in [4.69, 9.17) is 22.4 Å². The maximum atomic E-state index is 12.5. The van der Waals surface area contributed by atoms with Gasteiger partial charge in [0.25, 0.3) is 11.8 Å². The number of likely N-dealkylation sites (tertiary alicyclic amines) is 1. The summed E-state index contributed by atoms with van der Waals surface area (Å²) < 4.78 is 3.66. The van der Waals surface area contributed by atoms with E-state index in [9.17, 15) is 9.59 Å². The van der Waals surface area contributed by atoms with Crippen molar-refractivity contribution < 1.29 is 9.59 Å². The summed E-state index contributed by atoms with van der Waals surface area (Å²) in [6.07, 6.45) is 6.25. The summed E-state index contributed by atoms with van der Waals surface area (Å²) >= 11 is 6.11. The second-order valence-electron chi connectivity index (χ2n) is 9.60. The summed E-state index contributed by atoms with van der Waals surface area (Å²) in [6.45, 7) is 3.64. The Morgan fingerprint density at radius 2 is 2.14 bits per heavy atom. The number of nitrogens with zero attached hydrogens (tertiary/aromatic N) is 5. The Morgan fingerprint density at radius 3 is 2.83 bits per heavy atom. The first-order valence-electron chi connectivity index (χ1n) is 11.9. The standard InChI is InChI=1S/C26H28ClN7O2/c1-3-5-21(35)32-9-8-26(16-32)11-20(12-26)34-25(29-2)22(24(28)36)23(31-34)18-13-30-33(15-18)14-17-6-4-7-19(27)10-17/h4,6-7,10,13,15,20,29H,8-9,11-12,14,16H2,1-2H3,(H2,28,36). The van der Waals surface area contributed by atoms with Crippen LogP contribution in [0.1, 0.15) is 48.1 Å². The van der Waals surface area contributed by atoms with E-state index in [0.29, 0.717) is 40.8 Å². The van der Waals surface area contributed by atoms with Gasteiger partial charge in [-0.05, 0) is 55.2 Å². The predicted octanol–water partition coefficient (Wildman–Crippen LogP) is 3.17. The molecule has 3 aromatic rings. The van der Waals surface area contributed by atoms with Crippen LogP contribution >= 0.6 is 11.6 Å². The molecular weight excluding hydrogens is 478 g/mol. The molecule has 0 radical (unpaired) electrons. The number of anilines is 1. The molecule has 3 heterocycles. The third-order valence-electron chi connectivity index (χ3n) is 7.17. The largest absolute Gasteiger partial charge is 0.373 e. The quantitative estimate of drug-likeness (QED) is 0.500. The summed E-state index contributed by atoms with van der Waals surface area (Å²) in [7, 11) is 1.76. The van der Waals surface area contributed by atoms with Crippen molar-refractivity contribution in [1.82, 2.24) is 24.5 Å². The summed E-state index contributed by atoms with van der Waals surface area (Å²) in [5, 5.41) is 13.1. The van der Waals surface area contributed by atoms with E-state index in [0.717, 1.165) is 31.4 Å². The lowest BCUT2D eigenvalue weighted by atomic mass is 9.65. The van der Waals surface area contributed by atoms with E-state index < -0.39 is 5.91 Å². The molecule has 0 atom stereocenters. The van der Waals surface area contributed by atoms with Gasteiger partial charge in [0.05, 0.1) is 18.8 Å². The molecule has 3 N–H and O–H groups in total. The topological polar surface area (TPSA) is 111 Å². The number of benzene rings is 1. The van der Waals surface area contributed by atoms with Crippen molar-refractivity contribution in [2.24, 2.45) is 11.1 Å². The Balaban J connectivity index is 1.39. The molecule has 10 heteroatoms. The molecule has 0 unspecified atom stereocenters. The lowest BCUT2D eigenvalue weighted by Gasteiger charge is -2.45. The van der Waals surface area contributed by atoms with Crippen LogP contribution in [0.25, 0.3) is 11.3 Å². The summed E-state index contributed by atoms with van der Waals surface area (Å²) in [5.41, 5.74) is 8.47. The Bertz CT molecular complexity index is 1390. The fourth-order valence-electron chi connectivity index (χ4n) is 5.51. The number of carbonyl (C=O) groups excluding carboxylic acids is 2. The molecule has 1 saturated carbocycles. The lowest BCUT2D eigenvalue weighted by Crippen LogP contribution is -2.42. The van der Waals surface area contributed by atoms with Crippen molar-refractivity contribution in [1.29, 1.82) is 0 Å². The van der Waals surface area contributed by atoms with Gasteiger partial charge in [-0.1, -0.05) is 29.7 Å². The molecule has 1 spiro atoms. The summed E-state index contributed by atoms with van der Waals surface area (Å²) in [5.74, 6) is 5.27. The Morgan fingerprint density at radius 1 is 1.33 bits per heavy atom. The minimum atomic E-state index is -0.548. The molecule has 2 fully saturated rings. The number of nitrogens with one attached hydrogen (secondary N) is 1. The second-order valence-corrected chi connectivity index (χ2v) is 10.0. The van der Waals surface area contributed by atoms with Crippen LogP contribution in [0, 0.1) is 17.3 Å². The molecule has 1 aliphatic heterocycles. The average molecular weight is 506 g/mol. The van der Waals surface area contributed by atoms with Crippen molar-refractivity contribution >= 4 is 29.2 Å². The predicted molar refractivity (Wildman–Crippen MR) is 137 cm³/mol. The molecule has 1 saturated heterocycles. The van der Waals surface area contributed by atoms with Gasteiger partial charge in [0, 0.05) is 36.9 Å². The van der Waals surface area contributed by atoms with E-state index in [1.54, 1.807) is 24.9 Å². The van der Waals surface area contributed by atoms with Gasteiger partial charge in [0.15, 0.2) is 0 Å². The molecule has 2 aliphatic rings. The highest BCUT2D eigenvalue weighted by Gasteiger charge is 2.51. The zero-order chi connectivity index (χ0) is 25.4. The van der Waals surface area contributed by atoms with Gasteiger partial charge in [-0.25, -0.2) is 4.68 Å². The first-order valence-corrected chi connectivity index (χ1v) is 12.3. The van der Waals surface area contributed by atoms with Crippen molar-refractivity contribution in [3.8, 4) is 23.1 Å². The fraction of sp³-hybridized carbons (Fsp3) is 0.385. The smallest absolute Gasteiger partial charge is 0.298 e. The first kappa shape index (κ1) is 23.9. The van der Waals surface area contributed by atoms with Gasteiger partial charge in [-0.3, -0.25) is 14.3 Å². The molecule has 0 bridgehead atoms. The number of rotatable bonds is 6. The summed E-state index contributed by atoms with van der Waals surface area (Å²) in [4.78, 5) is 26.5. The van der Waals surface area contributed by atoms with Crippen LogP contribution in [0.15, 0.2) is 36.7 Å². The number of carbonyl (C=O) groups is 2. The second kappa shape index (κ2) is 9.36. The number of hydrogen-bond acceptors (Lipinski definition) is 5. The number of nitrogens with two attached hydrogens (primary N) is 1. The fourth-order valence-corrected chi connectivity index (χ4v) is 5.72. The monoisotopic (exact) mass is 505 g/mol. The minimum absolute atomic E-state index is 0.0710. The molecule has 2 amide bonds. The van der Waals surface area contributed by atoms with Crippen molar-refractivity contribution in [2.45, 2.75) is 38.8 Å². The molecular formula is C26H28ClN7O2. The lowest BCUT2D eigenvalue weighted by molar-refractivity contribution is -0.125. The van der Waals surface area contributed by atoms with E-state index >= 15 is 0 Å². The molecule has 36 heavy (non-hydrogen) atoms. The zero-order valence-corrected chi connectivity index (χ0v) is 21.0. The average Bonchev–Trinajstić information content (AvgIpc) is 3.54. The Kier molecular flexibility index (Phi) is 6.22. The normalized spacial score (nSPS) is 20.6. The van der Waals surface area contributed by atoms with Gasteiger partial charge < -0.3 is 16.0 Å². The zero-order valence-electron chi connectivity index (χ0n) is 20.3. The van der Waals surface area contributed by atoms with Crippen LogP contribution in [0.3, 0.4) is 0 Å². The van der Waals surface area contributed by atoms with Crippen LogP contribution in [0.4, 0.5) is 5.82 Å².